The van der Waals surface area contributed by atoms with E-state index in [1.165, 1.54) is 9.47 Å². The third-order valence-electron chi connectivity index (χ3n) is 5.12. The molecule has 4 aromatic rings. The van der Waals surface area contributed by atoms with Crippen LogP contribution in [0.3, 0.4) is 0 Å². The number of rotatable bonds is 6. The quantitative estimate of drug-likeness (QED) is 0.467. The summed E-state index contributed by atoms with van der Waals surface area (Å²) >= 11 is 0. The Kier molecular flexibility index (Phi) is 5.93. The van der Waals surface area contributed by atoms with Gasteiger partial charge < -0.3 is 14.0 Å². The number of carbonyl (C=O) groups is 1. The maximum Gasteiger partial charge on any atom is 0.264 e. The molecule has 1 aromatic carbocycles. The van der Waals surface area contributed by atoms with Crippen LogP contribution in [0.4, 0.5) is 0 Å². The maximum absolute atomic E-state index is 13.1. The third kappa shape index (κ3) is 4.49. The van der Waals surface area contributed by atoms with Crippen molar-refractivity contribution in [1.29, 1.82) is 0 Å². The number of pyridine rings is 1. The molecule has 32 heavy (non-hydrogen) atoms. The van der Waals surface area contributed by atoms with Crippen molar-refractivity contribution >= 4 is 5.91 Å². The number of hydrogen-bond donors (Lipinski definition) is 0. The lowest BCUT2D eigenvalue weighted by Crippen LogP contribution is -2.35. The van der Waals surface area contributed by atoms with E-state index in [9.17, 15) is 9.59 Å². The summed E-state index contributed by atoms with van der Waals surface area (Å²) in [6, 6.07) is 13.2. The van der Waals surface area contributed by atoms with Crippen LogP contribution in [0.25, 0.3) is 11.3 Å². The zero-order valence-corrected chi connectivity index (χ0v) is 18.1. The van der Waals surface area contributed by atoms with Crippen LogP contribution in [-0.2, 0) is 13.1 Å². The Bertz CT molecular complexity index is 1290. The second-order valence-corrected chi connectivity index (χ2v) is 7.66. The van der Waals surface area contributed by atoms with Crippen molar-refractivity contribution in [3.63, 3.8) is 0 Å². The number of hydrogen-bond acceptors (Lipinski definition) is 6. The molecule has 0 spiro atoms. The first-order valence-electron chi connectivity index (χ1n) is 10.2. The standard InChI is InChI=1S/C24H23N5O3/c1-16-9-10-29(14-19-13-25-17(2)12-26-19)24(31)22(16)23(30)28(3)15-20-11-21(27-32-20)18-7-5-4-6-8-18/h4-13H,14-15H2,1-3H3. The summed E-state index contributed by atoms with van der Waals surface area (Å²) in [6.07, 6.45) is 4.94. The average Bonchev–Trinajstić information content (AvgIpc) is 3.26. The largest absolute Gasteiger partial charge is 0.359 e. The zero-order valence-electron chi connectivity index (χ0n) is 18.1. The highest BCUT2D eigenvalue weighted by atomic mass is 16.5. The highest BCUT2D eigenvalue weighted by Crippen LogP contribution is 2.19. The molecule has 8 nitrogen and oxygen atoms in total. The van der Waals surface area contributed by atoms with Gasteiger partial charge >= 0.3 is 0 Å². The van der Waals surface area contributed by atoms with Crippen molar-refractivity contribution in [3.8, 4) is 11.3 Å². The lowest BCUT2D eigenvalue weighted by molar-refractivity contribution is 0.0769. The van der Waals surface area contributed by atoms with Gasteiger partial charge in [0, 0.05) is 31.1 Å². The molecule has 162 valence electrons. The van der Waals surface area contributed by atoms with E-state index in [1.807, 2.05) is 37.3 Å². The Morgan fingerprint density at radius 2 is 1.88 bits per heavy atom. The molecule has 3 heterocycles. The molecule has 0 radical (unpaired) electrons. The van der Waals surface area contributed by atoms with Gasteiger partial charge in [-0.1, -0.05) is 35.5 Å². The van der Waals surface area contributed by atoms with Crippen molar-refractivity contribution in [2.75, 3.05) is 7.05 Å². The minimum Gasteiger partial charge on any atom is -0.359 e. The first-order chi connectivity index (χ1) is 15.4. The van der Waals surface area contributed by atoms with E-state index in [0.29, 0.717) is 22.7 Å². The molecule has 0 aliphatic heterocycles. The molecule has 3 aromatic heterocycles. The lowest BCUT2D eigenvalue weighted by atomic mass is 10.1. The van der Waals surface area contributed by atoms with Crippen molar-refractivity contribution < 1.29 is 9.32 Å². The Balaban J connectivity index is 1.54. The van der Waals surface area contributed by atoms with E-state index in [4.69, 9.17) is 4.52 Å². The van der Waals surface area contributed by atoms with Gasteiger partial charge in [0.05, 0.1) is 30.7 Å². The number of amides is 1. The smallest absolute Gasteiger partial charge is 0.264 e. The Morgan fingerprint density at radius 3 is 2.59 bits per heavy atom. The minimum atomic E-state index is -0.380. The van der Waals surface area contributed by atoms with Gasteiger partial charge in [-0.2, -0.15) is 0 Å². The van der Waals surface area contributed by atoms with Gasteiger partial charge in [0.2, 0.25) is 0 Å². The van der Waals surface area contributed by atoms with Gasteiger partial charge in [0.1, 0.15) is 11.3 Å². The van der Waals surface area contributed by atoms with Gasteiger partial charge in [-0.05, 0) is 25.5 Å². The number of benzene rings is 1. The molecular weight excluding hydrogens is 406 g/mol. The van der Waals surface area contributed by atoms with Crippen molar-refractivity contribution in [2.45, 2.75) is 26.9 Å². The van der Waals surface area contributed by atoms with Crippen LogP contribution in [0.1, 0.15) is 33.1 Å². The number of carbonyl (C=O) groups excluding carboxylic acids is 1. The average molecular weight is 429 g/mol. The molecule has 0 fully saturated rings. The first-order valence-corrected chi connectivity index (χ1v) is 10.2. The summed E-state index contributed by atoms with van der Waals surface area (Å²) in [5.41, 5.74) is 3.43. The second kappa shape index (κ2) is 8.97. The van der Waals surface area contributed by atoms with E-state index >= 15 is 0 Å². The third-order valence-corrected chi connectivity index (χ3v) is 5.12. The molecule has 0 atom stereocenters. The van der Waals surface area contributed by atoms with E-state index in [2.05, 4.69) is 15.1 Å². The van der Waals surface area contributed by atoms with E-state index < -0.39 is 0 Å². The summed E-state index contributed by atoms with van der Waals surface area (Å²) in [6.45, 7) is 4.02. The van der Waals surface area contributed by atoms with E-state index in [1.54, 1.807) is 44.7 Å². The van der Waals surface area contributed by atoms with Crippen LogP contribution >= 0.6 is 0 Å². The van der Waals surface area contributed by atoms with Crippen LogP contribution in [-0.4, -0.2) is 37.5 Å². The molecule has 4 rings (SSSR count). The molecule has 0 saturated heterocycles. The van der Waals surface area contributed by atoms with Gasteiger partial charge in [0.15, 0.2) is 5.76 Å². The monoisotopic (exact) mass is 429 g/mol. The zero-order chi connectivity index (χ0) is 22.7. The van der Waals surface area contributed by atoms with Gasteiger partial charge in [-0.15, -0.1) is 0 Å². The summed E-state index contributed by atoms with van der Waals surface area (Å²) in [4.78, 5) is 36.2. The minimum absolute atomic E-state index is 0.123. The predicted octanol–water partition coefficient (Wildman–Crippen LogP) is 3.23. The summed E-state index contributed by atoms with van der Waals surface area (Å²) in [7, 11) is 1.63. The fourth-order valence-electron chi connectivity index (χ4n) is 3.35. The molecule has 0 saturated carbocycles. The van der Waals surface area contributed by atoms with Crippen LogP contribution in [0.15, 0.2) is 70.4 Å². The Labute approximate surface area is 185 Å². The highest BCUT2D eigenvalue weighted by molar-refractivity contribution is 5.95. The summed E-state index contributed by atoms with van der Waals surface area (Å²) < 4.78 is 6.87. The maximum atomic E-state index is 13.1. The van der Waals surface area contributed by atoms with E-state index in [-0.39, 0.29) is 30.1 Å². The summed E-state index contributed by atoms with van der Waals surface area (Å²) in [5, 5.41) is 4.08. The van der Waals surface area contributed by atoms with Crippen LogP contribution < -0.4 is 5.56 Å². The van der Waals surface area contributed by atoms with Crippen LogP contribution in [0.5, 0.6) is 0 Å². The molecule has 8 heteroatoms. The Hall–Kier alpha value is -4.07. The molecule has 0 aliphatic rings. The van der Waals surface area contributed by atoms with Crippen LogP contribution in [0, 0.1) is 13.8 Å². The SMILES string of the molecule is Cc1cnc(Cn2ccc(C)c(C(=O)N(C)Cc3cc(-c4ccccc4)no3)c2=O)cn1. The van der Waals surface area contributed by atoms with Gasteiger partial charge in [-0.25, -0.2) is 0 Å². The van der Waals surface area contributed by atoms with Crippen molar-refractivity contribution in [3.05, 3.63) is 99.7 Å². The molecule has 1 amide bonds. The van der Waals surface area contributed by atoms with Gasteiger partial charge in [0.25, 0.3) is 11.5 Å². The fraction of sp³-hybridized carbons (Fsp3) is 0.208. The number of nitrogens with zero attached hydrogens (tertiary/aromatic N) is 5. The Morgan fingerprint density at radius 1 is 1.09 bits per heavy atom. The molecule has 0 unspecified atom stereocenters. The van der Waals surface area contributed by atoms with Crippen molar-refractivity contribution in [2.24, 2.45) is 0 Å². The number of aromatic nitrogens is 4. The molecule has 0 bridgehead atoms. The molecule has 0 N–H and O–H groups in total. The van der Waals surface area contributed by atoms with E-state index in [0.717, 1.165) is 11.3 Å². The van der Waals surface area contributed by atoms with Crippen molar-refractivity contribution in [1.82, 2.24) is 24.6 Å². The first kappa shape index (κ1) is 21.2. The fourth-order valence-corrected chi connectivity index (χ4v) is 3.35. The molecular formula is C24H23N5O3. The second-order valence-electron chi connectivity index (χ2n) is 7.66. The van der Waals surface area contributed by atoms with Crippen LogP contribution in [0.2, 0.25) is 0 Å². The molecule has 0 aliphatic carbocycles. The number of aryl methyl sites for hydroxylation is 2. The van der Waals surface area contributed by atoms with Gasteiger partial charge in [-0.3, -0.25) is 19.6 Å². The lowest BCUT2D eigenvalue weighted by Gasteiger charge is -2.17. The highest BCUT2D eigenvalue weighted by Gasteiger charge is 2.21. The normalized spacial score (nSPS) is 10.8. The topological polar surface area (TPSA) is 94.1 Å². The predicted molar refractivity (Wildman–Crippen MR) is 119 cm³/mol. The summed E-state index contributed by atoms with van der Waals surface area (Å²) in [5.74, 6) is 0.151.